The van der Waals surface area contributed by atoms with Crippen LogP contribution in [0.1, 0.15) is 37.9 Å². The van der Waals surface area contributed by atoms with Gasteiger partial charge in [-0.1, -0.05) is 37.5 Å². The van der Waals surface area contributed by atoms with Gasteiger partial charge in [0.15, 0.2) is 5.82 Å². The Kier molecular flexibility index (Phi) is 4.75. The molecule has 1 fully saturated rings. The van der Waals surface area contributed by atoms with Gasteiger partial charge in [-0.3, -0.25) is 4.21 Å². The van der Waals surface area contributed by atoms with Gasteiger partial charge in [0.25, 0.3) is 0 Å². The van der Waals surface area contributed by atoms with Gasteiger partial charge < -0.3 is 0 Å². The van der Waals surface area contributed by atoms with Crippen molar-refractivity contribution >= 4 is 10.8 Å². The van der Waals surface area contributed by atoms with Crippen LogP contribution in [0.15, 0.2) is 30.3 Å². The number of rotatable bonds is 5. The molecule has 112 valence electrons. The van der Waals surface area contributed by atoms with E-state index in [4.69, 9.17) is 0 Å². The van der Waals surface area contributed by atoms with Gasteiger partial charge in [-0.25, -0.2) is 0 Å². The molecule has 6 heteroatoms. The van der Waals surface area contributed by atoms with Crippen LogP contribution in [0.2, 0.25) is 0 Å². The predicted molar refractivity (Wildman–Crippen MR) is 82.4 cm³/mol. The number of aromatic nitrogens is 4. The number of tetrazole rings is 1. The fraction of sp³-hybridized carbons (Fsp3) is 0.533. The lowest BCUT2D eigenvalue weighted by atomic mass is 9.91. The molecule has 0 N–H and O–H groups in total. The van der Waals surface area contributed by atoms with Crippen LogP contribution in [0.5, 0.6) is 0 Å². The van der Waals surface area contributed by atoms with E-state index in [1.165, 1.54) is 32.1 Å². The van der Waals surface area contributed by atoms with Gasteiger partial charge in [0.05, 0.1) is 11.4 Å². The second kappa shape index (κ2) is 6.93. The average molecular weight is 304 g/mol. The molecule has 1 aliphatic rings. The highest BCUT2D eigenvalue weighted by Gasteiger charge is 2.18. The molecule has 0 bridgehead atoms. The highest BCUT2D eigenvalue weighted by atomic mass is 32.2. The summed E-state index contributed by atoms with van der Waals surface area (Å²) in [6.07, 6.45) is 6.33. The third-order valence-electron chi connectivity index (χ3n) is 3.97. The molecule has 1 aromatic heterocycles. The van der Waals surface area contributed by atoms with Gasteiger partial charge in [0.1, 0.15) is 0 Å². The molecule has 2 aromatic rings. The highest BCUT2D eigenvalue weighted by molar-refractivity contribution is 7.84. The number of nitrogens with zero attached hydrogens (tertiary/aromatic N) is 4. The summed E-state index contributed by atoms with van der Waals surface area (Å²) in [5.74, 6) is 2.50. The lowest BCUT2D eigenvalue weighted by Crippen LogP contribution is -2.17. The summed E-state index contributed by atoms with van der Waals surface area (Å²) in [5.41, 5.74) is 0.909. The van der Waals surface area contributed by atoms with E-state index in [9.17, 15) is 4.21 Å². The van der Waals surface area contributed by atoms with E-state index in [2.05, 4.69) is 15.5 Å². The van der Waals surface area contributed by atoms with Crippen LogP contribution in [0, 0.1) is 5.92 Å². The van der Waals surface area contributed by atoms with Crippen LogP contribution >= 0.6 is 0 Å². The molecule has 0 spiro atoms. The van der Waals surface area contributed by atoms with Crippen molar-refractivity contribution in [2.75, 3.05) is 5.75 Å². The first kappa shape index (κ1) is 14.4. The van der Waals surface area contributed by atoms with Gasteiger partial charge in [-0.15, -0.1) is 5.10 Å². The molecule has 3 rings (SSSR count). The lowest BCUT2D eigenvalue weighted by molar-refractivity contribution is 0.388. The van der Waals surface area contributed by atoms with E-state index in [0.29, 0.717) is 17.5 Å². The van der Waals surface area contributed by atoms with Gasteiger partial charge in [-0.2, -0.15) is 4.68 Å². The molecule has 1 atom stereocenters. The second-order valence-electron chi connectivity index (χ2n) is 5.60. The molecule has 0 aliphatic heterocycles. The summed E-state index contributed by atoms with van der Waals surface area (Å²) >= 11 is 0. The summed E-state index contributed by atoms with van der Waals surface area (Å²) in [4.78, 5) is 0. The molecule has 21 heavy (non-hydrogen) atoms. The van der Waals surface area contributed by atoms with Crippen LogP contribution in [0.4, 0.5) is 0 Å². The van der Waals surface area contributed by atoms with Crippen LogP contribution in [0.3, 0.4) is 0 Å². The fourth-order valence-corrected chi connectivity index (χ4v) is 4.33. The van der Waals surface area contributed by atoms with Crippen LogP contribution in [-0.2, 0) is 16.6 Å². The van der Waals surface area contributed by atoms with Crippen molar-refractivity contribution in [3.8, 4) is 5.69 Å². The average Bonchev–Trinajstić information content (AvgIpc) is 2.97. The first-order chi connectivity index (χ1) is 10.3. The maximum Gasteiger partial charge on any atom is 0.169 e. The zero-order chi connectivity index (χ0) is 14.5. The summed E-state index contributed by atoms with van der Waals surface area (Å²) in [7, 11) is -0.894. The van der Waals surface area contributed by atoms with Gasteiger partial charge in [0, 0.05) is 16.6 Å². The molecule has 0 saturated heterocycles. The Balaban J connectivity index is 1.65. The Labute approximate surface area is 127 Å². The Hall–Kier alpha value is -1.56. The van der Waals surface area contributed by atoms with Gasteiger partial charge in [-0.05, 0) is 41.3 Å². The van der Waals surface area contributed by atoms with Crippen molar-refractivity contribution in [1.82, 2.24) is 20.2 Å². The molecule has 1 heterocycles. The first-order valence-corrected chi connectivity index (χ1v) is 8.99. The monoisotopic (exact) mass is 304 g/mol. The van der Waals surface area contributed by atoms with E-state index < -0.39 is 10.8 Å². The molecular formula is C15H20N4OS. The van der Waals surface area contributed by atoms with Crippen molar-refractivity contribution in [2.24, 2.45) is 5.92 Å². The van der Waals surface area contributed by atoms with Crippen molar-refractivity contribution in [3.05, 3.63) is 36.2 Å². The molecule has 1 aromatic carbocycles. The maximum absolute atomic E-state index is 12.4. The molecule has 0 radical (unpaired) electrons. The Morgan fingerprint density at radius 1 is 1.14 bits per heavy atom. The van der Waals surface area contributed by atoms with E-state index in [-0.39, 0.29) is 0 Å². The maximum atomic E-state index is 12.4. The molecule has 1 aliphatic carbocycles. The van der Waals surface area contributed by atoms with Crippen molar-refractivity contribution in [2.45, 2.75) is 37.9 Å². The number of benzene rings is 1. The Bertz CT molecular complexity index is 593. The second-order valence-corrected chi connectivity index (χ2v) is 7.10. The van der Waals surface area contributed by atoms with E-state index >= 15 is 0 Å². The van der Waals surface area contributed by atoms with Crippen LogP contribution in [-0.4, -0.2) is 30.2 Å². The minimum Gasteiger partial charge on any atom is -0.259 e. The van der Waals surface area contributed by atoms with Crippen molar-refractivity contribution in [3.63, 3.8) is 0 Å². The standard InChI is InChI=1S/C15H20N4OS/c20-21(11-13-7-3-1-4-8-13)12-15-16-17-18-19(15)14-9-5-2-6-10-14/h2,5-6,9-10,13H,1,3-4,7-8,11-12H2. The molecule has 5 nitrogen and oxygen atoms in total. The van der Waals surface area contributed by atoms with E-state index in [1.807, 2.05) is 30.3 Å². The first-order valence-electron chi connectivity index (χ1n) is 7.50. The number of para-hydroxylation sites is 1. The molecule has 1 unspecified atom stereocenters. The highest BCUT2D eigenvalue weighted by Crippen LogP contribution is 2.24. The zero-order valence-corrected chi connectivity index (χ0v) is 12.8. The normalized spacial score (nSPS) is 17.7. The molecular weight excluding hydrogens is 284 g/mol. The minimum absolute atomic E-state index is 0.429. The van der Waals surface area contributed by atoms with Crippen molar-refractivity contribution in [1.29, 1.82) is 0 Å². The predicted octanol–water partition coefficient (Wildman–Crippen LogP) is 2.49. The minimum atomic E-state index is -0.894. The summed E-state index contributed by atoms with van der Waals surface area (Å²) in [5, 5.41) is 11.8. The third kappa shape index (κ3) is 3.75. The zero-order valence-electron chi connectivity index (χ0n) is 12.0. The fourth-order valence-electron chi connectivity index (χ4n) is 2.89. The van der Waals surface area contributed by atoms with Gasteiger partial charge in [0.2, 0.25) is 0 Å². The van der Waals surface area contributed by atoms with Crippen LogP contribution < -0.4 is 0 Å². The van der Waals surface area contributed by atoms with E-state index in [0.717, 1.165) is 11.4 Å². The van der Waals surface area contributed by atoms with Crippen molar-refractivity contribution < 1.29 is 4.21 Å². The largest absolute Gasteiger partial charge is 0.259 e. The summed E-state index contributed by atoms with van der Waals surface area (Å²) in [6, 6.07) is 9.74. The Morgan fingerprint density at radius 2 is 1.90 bits per heavy atom. The number of hydrogen-bond donors (Lipinski definition) is 0. The van der Waals surface area contributed by atoms with E-state index in [1.54, 1.807) is 4.68 Å². The Morgan fingerprint density at radius 3 is 2.67 bits per heavy atom. The molecule has 1 saturated carbocycles. The third-order valence-corrected chi connectivity index (χ3v) is 5.39. The quantitative estimate of drug-likeness (QED) is 0.851. The number of hydrogen-bond acceptors (Lipinski definition) is 4. The summed E-state index contributed by atoms with van der Waals surface area (Å²) < 4.78 is 14.0. The smallest absolute Gasteiger partial charge is 0.169 e. The van der Waals surface area contributed by atoms with Crippen LogP contribution in [0.25, 0.3) is 5.69 Å². The topological polar surface area (TPSA) is 60.7 Å². The summed E-state index contributed by atoms with van der Waals surface area (Å²) in [6.45, 7) is 0. The van der Waals surface area contributed by atoms with Gasteiger partial charge >= 0.3 is 0 Å². The molecule has 0 amide bonds. The SMILES string of the molecule is O=S(Cc1nnnn1-c1ccccc1)CC1CCCCC1. The lowest BCUT2D eigenvalue weighted by Gasteiger charge is -2.20.